The molecule has 1 heterocycles. The molecule has 46 valence electrons. The summed E-state index contributed by atoms with van der Waals surface area (Å²) in [5, 5.41) is 0. The first kappa shape index (κ1) is 6.08. The molecule has 0 amide bonds. The average molecular weight is 121 g/mol. The molecule has 0 atom stereocenters. The van der Waals surface area contributed by atoms with Crippen molar-refractivity contribution in [1.29, 1.82) is 0 Å². The van der Waals surface area contributed by atoms with Gasteiger partial charge in [-0.05, 0) is 6.07 Å². The van der Waals surface area contributed by atoms with Gasteiger partial charge in [0.15, 0.2) is 5.92 Å². The lowest BCUT2D eigenvalue weighted by Crippen LogP contribution is -1.94. The molecule has 9 heavy (non-hydrogen) atoms. The Bertz CT molecular complexity index is 170. The molecule has 1 aromatic heterocycles. The van der Waals surface area contributed by atoms with Crippen LogP contribution in [-0.4, -0.2) is 9.97 Å². The Labute approximate surface area is 55.0 Å². The Morgan fingerprint density at radius 1 is 1.22 bits per heavy atom. The highest BCUT2D eigenvalue weighted by Crippen LogP contribution is 2.03. The highest BCUT2D eigenvalue weighted by Gasteiger charge is 2.11. The lowest BCUT2D eigenvalue weighted by Gasteiger charge is -1.87. The van der Waals surface area contributed by atoms with E-state index in [1.807, 2.05) is 19.9 Å². The van der Waals surface area contributed by atoms with Gasteiger partial charge in [-0.1, -0.05) is 0 Å². The van der Waals surface area contributed by atoms with Gasteiger partial charge in [-0.25, -0.2) is 0 Å². The van der Waals surface area contributed by atoms with Gasteiger partial charge < -0.3 is 0 Å². The maximum Gasteiger partial charge on any atom is 0.319 e. The third-order valence-electron chi connectivity index (χ3n) is 1.01. The van der Waals surface area contributed by atoms with Crippen molar-refractivity contribution in [3.05, 3.63) is 30.2 Å². The molecule has 0 aliphatic heterocycles. The van der Waals surface area contributed by atoms with E-state index < -0.39 is 0 Å². The Morgan fingerprint density at radius 2 is 1.78 bits per heavy atom. The molecule has 0 spiro atoms. The minimum absolute atomic E-state index is 0.831. The van der Waals surface area contributed by atoms with E-state index in [-0.39, 0.29) is 0 Å². The van der Waals surface area contributed by atoms with E-state index in [1.54, 1.807) is 12.4 Å². The summed E-state index contributed by atoms with van der Waals surface area (Å²) in [5.41, 5.74) is 0. The van der Waals surface area contributed by atoms with Crippen molar-refractivity contribution in [1.82, 2.24) is 9.97 Å². The third kappa shape index (κ3) is 1.42. The first-order valence-corrected chi connectivity index (χ1v) is 2.88. The first-order chi connectivity index (χ1) is 4.30. The van der Waals surface area contributed by atoms with Crippen molar-refractivity contribution in [2.24, 2.45) is 0 Å². The molecule has 1 aromatic rings. The van der Waals surface area contributed by atoms with Crippen LogP contribution < -0.4 is 0 Å². The molecule has 0 saturated heterocycles. The van der Waals surface area contributed by atoms with Gasteiger partial charge in [0.25, 0.3) is 0 Å². The van der Waals surface area contributed by atoms with Crippen LogP contribution in [0.25, 0.3) is 0 Å². The minimum atomic E-state index is 0.831. The standard InChI is InChI=1S/C7H9N2/c1-6(2)7-8-4-3-5-9-7/h3-5H,1-2H3/q+1. The second-order valence-electron chi connectivity index (χ2n) is 2.07. The number of rotatable bonds is 1. The number of hydrogen-bond acceptors (Lipinski definition) is 2. The molecule has 0 saturated carbocycles. The number of nitrogens with zero attached hydrogens (tertiary/aromatic N) is 2. The molecule has 0 aliphatic carbocycles. The van der Waals surface area contributed by atoms with Crippen LogP contribution in [0.2, 0.25) is 0 Å². The summed E-state index contributed by atoms with van der Waals surface area (Å²) in [6.45, 7) is 3.99. The largest absolute Gasteiger partial charge is 0.319 e. The Balaban J connectivity index is 2.85. The number of hydrogen-bond donors (Lipinski definition) is 0. The van der Waals surface area contributed by atoms with Crippen LogP contribution >= 0.6 is 0 Å². The molecule has 0 fully saturated rings. The Morgan fingerprint density at radius 3 is 2.11 bits per heavy atom. The molecule has 2 nitrogen and oxygen atoms in total. The summed E-state index contributed by atoms with van der Waals surface area (Å²) in [4.78, 5) is 8.06. The highest BCUT2D eigenvalue weighted by atomic mass is 14.9. The van der Waals surface area contributed by atoms with Gasteiger partial charge in [-0.2, -0.15) is 9.97 Å². The topological polar surface area (TPSA) is 25.8 Å². The van der Waals surface area contributed by atoms with Gasteiger partial charge in [-0.15, -0.1) is 0 Å². The fraction of sp³-hybridized carbons (Fsp3) is 0.286. The molecular weight excluding hydrogens is 112 g/mol. The van der Waals surface area contributed by atoms with E-state index in [1.165, 1.54) is 0 Å². The van der Waals surface area contributed by atoms with E-state index >= 15 is 0 Å². The lowest BCUT2D eigenvalue weighted by molar-refractivity contribution is 0.964. The van der Waals surface area contributed by atoms with Gasteiger partial charge in [0, 0.05) is 12.4 Å². The van der Waals surface area contributed by atoms with Crippen LogP contribution in [0, 0.1) is 5.92 Å². The fourth-order valence-corrected chi connectivity index (χ4v) is 0.557. The molecule has 0 aliphatic rings. The smallest absolute Gasteiger partial charge is 0.197 e. The zero-order chi connectivity index (χ0) is 6.69. The zero-order valence-electron chi connectivity index (χ0n) is 5.63. The van der Waals surface area contributed by atoms with Crippen molar-refractivity contribution in [2.75, 3.05) is 0 Å². The second-order valence-corrected chi connectivity index (χ2v) is 2.07. The third-order valence-corrected chi connectivity index (χ3v) is 1.01. The predicted octanol–water partition coefficient (Wildman–Crippen LogP) is 1.44. The Kier molecular flexibility index (Phi) is 1.68. The average Bonchev–Trinajstić information content (AvgIpc) is 1.90. The zero-order valence-corrected chi connectivity index (χ0v) is 5.63. The normalized spacial score (nSPS) is 9.11. The van der Waals surface area contributed by atoms with Gasteiger partial charge in [-0.3, -0.25) is 0 Å². The number of aromatic nitrogens is 2. The molecule has 0 radical (unpaired) electrons. The van der Waals surface area contributed by atoms with E-state index in [0.29, 0.717) is 0 Å². The van der Waals surface area contributed by atoms with Crippen molar-refractivity contribution in [2.45, 2.75) is 13.8 Å². The van der Waals surface area contributed by atoms with Crippen LogP contribution in [0.4, 0.5) is 0 Å². The van der Waals surface area contributed by atoms with E-state index in [2.05, 4.69) is 9.97 Å². The van der Waals surface area contributed by atoms with Crippen LogP contribution in [0.1, 0.15) is 19.7 Å². The van der Waals surface area contributed by atoms with Gasteiger partial charge in [0.2, 0.25) is 0 Å². The molecule has 1 rings (SSSR count). The molecular formula is C7H9N2+. The molecule has 0 bridgehead atoms. The van der Waals surface area contributed by atoms with E-state index in [4.69, 9.17) is 0 Å². The molecule has 0 N–H and O–H groups in total. The minimum Gasteiger partial charge on any atom is -0.197 e. The summed E-state index contributed by atoms with van der Waals surface area (Å²) in [5.74, 6) is 1.98. The summed E-state index contributed by atoms with van der Waals surface area (Å²) in [6, 6.07) is 1.81. The summed E-state index contributed by atoms with van der Waals surface area (Å²) in [7, 11) is 0. The lowest BCUT2D eigenvalue weighted by atomic mass is 10.2. The predicted molar refractivity (Wildman–Crippen MR) is 35.7 cm³/mol. The fourth-order valence-electron chi connectivity index (χ4n) is 0.557. The molecule has 2 heteroatoms. The van der Waals surface area contributed by atoms with Crippen molar-refractivity contribution >= 4 is 0 Å². The van der Waals surface area contributed by atoms with Crippen LogP contribution in [-0.2, 0) is 0 Å². The van der Waals surface area contributed by atoms with Crippen LogP contribution in [0.5, 0.6) is 0 Å². The summed E-state index contributed by atoms with van der Waals surface area (Å²) < 4.78 is 0. The monoisotopic (exact) mass is 121 g/mol. The first-order valence-electron chi connectivity index (χ1n) is 2.88. The SMILES string of the molecule is C[C+](C)c1ncccn1. The van der Waals surface area contributed by atoms with Crippen LogP contribution in [0.15, 0.2) is 18.5 Å². The van der Waals surface area contributed by atoms with Crippen LogP contribution in [0.3, 0.4) is 0 Å². The van der Waals surface area contributed by atoms with Gasteiger partial charge in [0.1, 0.15) is 0 Å². The maximum atomic E-state index is 4.03. The van der Waals surface area contributed by atoms with Gasteiger partial charge in [0.05, 0.1) is 13.8 Å². The van der Waals surface area contributed by atoms with Gasteiger partial charge >= 0.3 is 5.82 Å². The van der Waals surface area contributed by atoms with Crippen molar-refractivity contribution < 1.29 is 0 Å². The van der Waals surface area contributed by atoms with E-state index in [9.17, 15) is 0 Å². The quantitative estimate of drug-likeness (QED) is 0.525. The van der Waals surface area contributed by atoms with Crippen molar-refractivity contribution in [3.63, 3.8) is 0 Å². The van der Waals surface area contributed by atoms with Crippen molar-refractivity contribution in [3.8, 4) is 0 Å². The summed E-state index contributed by atoms with van der Waals surface area (Å²) >= 11 is 0. The van der Waals surface area contributed by atoms with E-state index in [0.717, 1.165) is 11.7 Å². The second kappa shape index (κ2) is 2.49. The maximum absolute atomic E-state index is 4.03. The highest BCUT2D eigenvalue weighted by molar-refractivity contribution is 5.08. The summed E-state index contributed by atoms with van der Waals surface area (Å²) in [6.07, 6.45) is 3.49. The Hall–Kier alpha value is -1.05. The molecule has 0 aromatic carbocycles. The molecule has 0 unspecified atom stereocenters.